The first-order chi connectivity index (χ1) is 7.02. The largest absolute Gasteiger partial charge is 0.369 e. The second-order valence-corrected chi connectivity index (χ2v) is 4.60. The Morgan fingerprint density at radius 1 is 1.33 bits per heavy atom. The van der Waals surface area contributed by atoms with Crippen LogP contribution in [0.4, 0.5) is 5.82 Å². The fourth-order valence-corrected chi connectivity index (χ4v) is 1.23. The van der Waals surface area contributed by atoms with Crippen molar-refractivity contribution < 1.29 is 0 Å². The normalized spacial score (nSPS) is 12.9. The highest BCUT2D eigenvalue weighted by Gasteiger charge is 2.09. The third kappa shape index (κ3) is 3.34. The quantitative estimate of drug-likeness (QED) is 0.804. The number of nitrogens with zero attached hydrogens (tertiary/aromatic N) is 2. The van der Waals surface area contributed by atoms with Gasteiger partial charge in [-0.05, 0) is 18.8 Å². The van der Waals surface area contributed by atoms with E-state index in [2.05, 4.69) is 36.1 Å². The van der Waals surface area contributed by atoms with Crippen molar-refractivity contribution in [1.29, 1.82) is 0 Å². The molecule has 1 aromatic rings. The van der Waals surface area contributed by atoms with Gasteiger partial charge in [-0.1, -0.05) is 32.4 Å². The number of anilines is 1. The Morgan fingerprint density at radius 2 is 2.00 bits per heavy atom. The lowest BCUT2D eigenvalue weighted by Gasteiger charge is -2.17. The van der Waals surface area contributed by atoms with Crippen LogP contribution >= 0.6 is 11.6 Å². The number of rotatable bonds is 4. The molecule has 0 bridgehead atoms. The SMILES string of the molecule is Cc1c(Cl)ncnc1NCC(C)C(C)C. The van der Waals surface area contributed by atoms with Crippen LogP contribution in [0, 0.1) is 18.8 Å². The summed E-state index contributed by atoms with van der Waals surface area (Å²) in [5.74, 6) is 2.11. The molecule has 0 aliphatic heterocycles. The molecule has 0 spiro atoms. The van der Waals surface area contributed by atoms with Crippen molar-refractivity contribution in [3.63, 3.8) is 0 Å². The Bertz CT molecular complexity index is 326. The van der Waals surface area contributed by atoms with Gasteiger partial charge in [-0.2, -0.15) is 0 Å². The maximum atomic E-state index is 5.90. The molecular weight excluding hydrogens is 210 g/mol. The minimum Gasteiger partial charge on any atom is -0.369 e. The van der Waals surface area contributed by atoms with Gasteiger partial charge in [-0.3, -0.25) is 0 Å². The van der Waals surface area contributed by atoms with Gasteiger partial charge in [0.15, 0.2) is 0 Å². The van der Waals surface area contributed by atoms with E-state index in [0.29, 0.717) is 17.0 Å². The van der Waals surface area contributed by atoms with E-state index in [1.165, 1.54) is 6.33 Å². The van der Waals surface area contributed by atoms with Gasteiger partial charge in [0.05, 0.1) is 0 Å². The Labute approximate surface area is 96.3 Å². The van der Waals surface area contributed by atoms with E-state index in [1.54, 1.807) is 0 Å². The van der Waals surface area contributed by atoms with Crippen LogP contribution in [0.25, 0.3) is 0 Å². The maximum Gasteiger partial charge on any atom is 0.137 e. The topological polar surface area (TPSA) is 37.8 Å². The molecule has 3 nitrogen and oxygen atoms in total. The van der Waals surface area contributed by atoms with E-state index in [4.69, 9.17) is 11.6 Å². The molecule has 0 aliphatic rings. The summed E-state index contributed by atoms with van der Waals surface area (Å²) in [6.45, 7) is 9.48. The van der Waals surface area contributed by atoms with Crippen molar-refractivity contribution in [2.45, 2.75) is 27.7 Å². The molecular formula is C11H18ClN3. The first kappa shape index (κ1) is 12.2. The molecule has 0 aromatic carbocycles. The van der Waals surface area contributed by atoms with Crippen molar-refractivity contribution in [3.8, 4) is 0 Å². The van der Waals surface area contributed by atoms with Gasteiger partial charge in [0.25, 0.3) is 0 Å². The summed E-state index contributed by atoms with van der Waals surface area (Å²) >= 11 is 5.90. The van der Waals surface area contributed by atoms with Crippen LogP contribution in [0.15, 0.2) is 6.33 Å². The van der Waals surface area contributed by atoms with Gasteiger partial charge in [-0.15, -0.1) is 0 Å². The molecule has 4 heteroatoms. The minimum absolute atomic E-state index is 0.518. The molecule has 0 aliphatic carbocycles. The molecule has 1 unspecified atom stereocenters. The Balaban J connectivity index is 2.62. The van der Waals surface area contributed by atoms with Crippen molar-refractivity contribution >= 4 is 17.4 Å². The highest BCUT2D eigenvalue weighted by Crippen LogP contribution is 2.19. The Morgan fingerprint density at radius 3 is 2.60 bits per heavy atom. The van der Waals surface area contributed by atoms with Crippen molar-refractivity contribution in [2.75, 3.05) is 11.9 Å². The molecule has 1 atom stereocenters. The molecule has 0 fully saturated rings. The summed E-state index contributed by atoms with van der Waals surface area (Å²) < 4.78 is 0. The van der Waals surface area contributed by atoms with Crippen LogP contribution in [0.3, 0.4) is 0 Å². The third-order valence-corrected chi connectivity index (χ3v) is 3.13. The van der Waals surface area contributed by atoms with Gasteiger partial charge >= 0.3 is 0 Å². The molecule has 1 heterocycles. The summed E-state index contributed by atoms with van der Waals surface area (Å²) in [7, 11) is 0. The van der Waals surface area contributed by atoms with E-state index in [9.17, 15) is 0 Å². The van der Waals surface area contributed by atoms with Crippen LogP contribution in [0.2, 0.25) is 5.15 Å². The fourth-order valence-electron chi connectivity index (χ4n) is 1.10. The van der Waals surface area contributed by atoms with Crippen molar-refractivity contribution in [1.82, 2.24) is 9.97 Å². The number of halogens is 1. The predicted octanol–water partition coefficient (Wildman–Crippen LogP) is 3.14. The lowest BCUT2D eigenvalue weighted by atomic mass is 9.98. The lowest BCUT2D eigenvalue weighted by molar-refractivity contribution is 0.439. The van der Waals surface area contributed by atoms with E-state index in [1.807, 2.05) is 6.92 Å². The standard InChI is InChI=1S/C11H18ClN3/c1-7(2)8(3)5-13-11-9(4)10(12)14-6-15-11/h6-8H,5H2,1-4H3,(H,13,14,15). The van der Waals surface area contributed by atoms with E-state index >= 15 is 0 Å². The first-order valence-electron chi connectivity index (χ1n) is 5.23. The number of hydrogen-bond acceptors (Lipinski definition) is 3. The second-order valence-electron chi connectivity index (χ2n) is 4.24. The zero-order chi connectivity index (χ0) is 11.4. The predicted molar refractivity (Wildman–Crippen MR) is 64.3 cm³/mol. The summed E-state index contributed by atoms with van der Waals surface area (Å²) in [5.41, 5.74) is 0.912. The molecule has 0 saturated heterocycles. The second kappa shape index (κ2) is 5.31. The number of hydrogen-bond donors (Lipinski definition) is 1. The lowest BCUT2D eigenvalue weighted by Crippen LogP contribution is -2.17. The fraction of sp³-hybridized carbons (Fsp3) is 0.636. The molecule has 84 valence electrons. The van der Waals surface area contributed by atoms with E-state index < -0.39 is 0 Å². The monoisotopic (exact) mass is 227 g/mol. The maximum absolute atomic E-state index is 5.90. The summed E-state index contributed by atoms with van der Waals surface area (Å²) in [4.78, 5) is 8.08. The highest BCUT2D eigenvalue weighted by molar-refractivity contribution is 6.30. The third-order valence-electron chi connectivity index (χ3n) is 2.75. The van der Waals surface area contributed by atoms with Gasteiger partial charge in [0.1, 0.15) is 17.3 Å². The molecule has 1 rings (SSSR count). The number of aromatic nitrogens is 2. The molecule has 0 saturated carbocycles. The summed E-state index contributed by atoms with van der Waals surface area (Å²) in [6.07, 6.45) is 1.48. The van der Waals surface area contributed by atoms with E-state index in [0.717, 1.165) is 17.9 Å². The average molecular weight is 228 g/mol. The van der Waals surface area contributed by atoms with Crippen LogP contribution in [0.5, 0.6) is 0 Å². The van der Waals surface area contributed by atoms with Gasteiger partial charge in [0.2, 0.25) is 0 Å². The van der Waals surface area contributed by atoms with Crippen LogP contribution in [0.1, 0.15) is 26.3 Å². The van der Waals surface area contributed by atoms with Crippen LogP contribution in [-0.2, 0) is 0 Å². The van der Waals surface area contributed by atoms with E-state index in [-0.39, 0.29) is 0 Å². The minimum atomic E-state index is 0.518. The smallest absolute Gasteiger partial charge is 0.137 e. The summed E-state index contributed by atoms with van der Waals surface area (Å²) in [6, 6.07) is 0. The van der Waals surface area contributed by atoms with Crippen molar-refractivity contribution in [2.24, 2.45) is 11.8 Å². The van der Waals surface area contributed by atoms with Crippen molar-refractivity contribution in [3.05, 3.63) is 17.0 Å². The number of nitrogens with one attached hydrogen (secondary N) is 1. The highest BCUT2D eigenvalue weighted by atomic mass is 35.5. The first-order valence-corrected chi connectivity index (χ1v) is 5.61. The zero-order valence-electron chi connectivity index (χ0n) is 9.71. The zero-order valence-corrected chi connectivity index (χ0v) is 10.5. The van der Waals surface area contributed by atoms with Gasteiger partial charge < -0.3 is 5.32 Å². The van der Waals surface area contributed by atoms with Crippen LogP contribution < -0.4 is 5.32 Å². The molecule has 1 N–H and O–H groups in total. The molecule has 0 amide bonds. The van der Waals surface area contributed by atoms with Gasteiger partial charge in [0, 0.05) is 12.1 Å². The Kier molecular flexibility index (Phi) is 4.33. The summed E-state index contributed by atoms with van der Waals surface area (Å²) in [5, 5.41) is 3.82. The molecule has 0 radical (unpaired) electrons. The van der Waals surface area contributed by atoms with Crippen LogP contribution in [-0.4, -0.2) is 16.5 Å². The van der Waals surface area contributed by atoms with Gasteiger partial charge in [-0.25, -0.2) is 9.97 Å². The Hall–Kier alpha value is -0.830. The average Bonchev–Trinajstić information content (AvgIpc) is 2.19. The molecule has 1 aromatic heterocycles. The molecule has 15 heavy (non-hydrogen) atoms.